The summed E-state index contributed by atoms with van der Waals surface area (Å²) in [7, 11) is 0. The molecule has 1 aromatic rings. The molecule has 0 unspecified atom stereocenters. The van der Waals surface area contributed by atoms with E-state index < -0.39 is 10.3 Å². The molecule has 6 heteroatoms. The number of ether oxygens (including phenoxy) is 1. The first-order valence-corrected chi connectivity index (χ1v) is 5.84. The van der Waals surface area contributed by atoms with Crippen LogP contribution in [0.2, 0.25) is 0 Å². The number of carbonyl (C=O) groups is 1. The molecule has 0 bridgehead atoms. The van der Waals surface area contributed by atoms with E-state index in [9.17, 15) is 14.9 Å². The number of hydrogen-bond acceptors (Lipinski definition) is 5. The van der Waals surface area contributed by atoms with Gasteiger partial charge in [-0.3, -0.25) is 19.9 Å². The minimum absolute atomic E-state index is 0.295. The van der Waals surface area contributed by atoms with Crippen LogP contribution in [-0.4, -0.2) is 22.5 Å². The standard InChI is InChI=1S/C13H16N2O4/c1-4-19-12(16)13(2,3)11-7-5-6-10(14-11)8-9-15(17)18/h5-9H,4H2,1-3H3/b9-8+. The Balaban J connectivity index is 3.04. The Morgan fingerprint density at radius 1 is 1.53 bits per heavy atom. The fourth-order valence-corrected chi connectivity index (χ4v) is 1.45. The highest BCUT2D eigenvalue weighted by molar-refractivity contribution is 5.81. The molecule has 0 aliphatic heterocycles. The Morgan fingerprint density at radius 2 is 2.21 bits per heavy atom. The Morgan fingerprint density at radius 3 is 2.79 bits per heavy atom. The van der Waals surface area contributed by atoms with Gasteiger partial charge in [0.05, 0.1) is 22.9 Å². The lowest BCUT2D eigenvalue weighted by atomic mass is 9.89. The van der Waals surface area contributed by atoms with E-state index in [4.69, 9.17) is 4.74 Å². The van der Waals surface area contributed by atoms with Crippen LogP contribution in [0.4, 0.5) is 0 Å². The van der Waals surface area contributed by atoms with E-state index in [0.29, 0.717) is 18.0 Å². The number of rotatable bonds is 5. The average molecular weight is 264 g/mol. The van der Waals surface area contributed by atoms with Crippen molar-refractivity contribution in [2.24, 2.45) is 0 Å². The molecule has 6 nitrogen and oxygen atoms in total. The van der Waals surface area contributed by atoms with Gasteiger partial charge in [-0.2, -0.15) is 0 Å². The molecular formula is C13H16N2O4. The molecule has 0 aliphatic carbocycles. The van der Waals surface area contributed by atoms with Crippen LogP contribution in [0.3, 0.4) is 0 Å². The third kappa shape index (κ3) is 3.87. The highest BCUT2D eigenvalue weighted by Gasteiger charge is 2.32. The maximum Gasteiger partial charge on any atom is 0.317 e. The summed E-state index contributed by atoms with van der Waals surface area (Å²) in [6, 6.07) is 5.02. The van der Waals surface area contributed by atoms with E-state index >= 15 is 0 Å². The second-order valence-electron chi connectivity index (χ2n) is 4.39. The number of pyridine rings is 1. The summed E-state index contributed by atoms with van der Waals surface area (Å²) in [5, 5.41) is 10.3. The molecule has 1 rings (SSSR count). The summed E-state index contributed by atoms with van der Waals surface area (Å²) in [6.45, 7) is 5.43. The molecule has 0 fully saturated rings. The summed E-state index contributed by atoms with van der Waals surface area (Å²) in [6.07, 6.45) is 2.09. The van der Waals surface area contributed by atoms with Crippen molar-refractivity contribution in [1.29, 1.82) is 0 Å². The van der Waals surface area contributed by atoms with E-state index in [-0.39, 0.29) is 5.97 Å². The average Bonchev–Trinajstić information content (AvgIpc) is 2.37. The van der Waals surface area contributed by atoms with Crippen molar-refractivity contribution < 1.29 is 14.5 Å². The lowest BCUT2D eigenvalue weighted by molar-refractivity contribution is -0.401. The third-order valence-corrected chi connectivity index (χ3v) is 2.56. The number of esters is 1. The first kappa shape index (κ1) is 14.8. The minimum Gasteiger partial charge on any atom is -0.465 e. The lowest BCUT2D eigenvalue weighted by Gasteiger charge is -2.21. The molecule has 0 saturated carbocycles. The van der Waals surface area contributed by atoms with Gasteiger partial charge in [0.2, 0.25) is 6.20 Å². The Hall–Kier alpha value is -2.24. The predicted molar refractivity (Wildman–Crippen MR) is 69.9 cm³/mol. The number of nitrogens with zero attached hydrogens (tertiary/aromatic N) is 2. The van der Waals surface area contributed by atoms with Crippen molar-refractivity contribution in [3.05, 3.63) is 45.9 Å². The maximum atomic E-state index is 11.9. The maximum absolute atomic E-state index is 11.9. The normalized spacial score (nSPS) is 11.5. The number of hydrogen-bond donors (Lipinski definition) is 0. The number of carbonyl (C=O) groups excluding carboxylic acids is 1. The van der Waals surface area contributed by atoms with E-state index in [0.717, 1.165) is 6.20 Å². The third-order valence-electron chi connectivity index (χ3n) is 2.56. The first-order chi connectivity index (χ1) is 8.87. The molecule has 0 amide bonds. The highest BCUT2D eigenvalue weighted by atomic mass is 16.6. The van der Waals surface area contributed by atoms with Gasteiger partial charge < -0.3 is 4.74 Å². The molecule has 0 aliphatic rings. The van der Waals surface area contributed by atoms with Crippen LogP contribution in [0, 0.1) is 10.1 Å². The Bertz CT molecular complexity index is 509. The van der Waals surface area contributed by atoms with Gasteiger partial charge in [-0.1, -0.05) is 6.07 Å². The van der Waals surface area contributed by atoms with E-state index in [1.807, 2.05) is 0 Å². The van der Waals surface area contributed by atoms with Crippen LogP contribution in [0.5, 0.6) is 0 Å². The van der Waals surface area contributed by atoms with Crippen LogP contribution in [0.25, 0.3) is 6.08 Å². The molecule has 0 N–H and O–H groups in total. The lowest BCUT2D eigenvalue weighted by Crippen LogP contribution is -2.32. The fourth-order valence-electron chi connectivity index (χ4n) is 1.45. The fraction of sp³-hybridized carbons (Fsp3) is 0.385. The van der Waals surface area contributed by atoms with Crippen molar-refractivity contribution in [2.45, 2.75) is 26.2 Å². The molecule has 1 heterocycles. The van der Waals surface area contributed by atoms with E-state index in [1.54, 1.807) is 39.0 Å². The van der Waals surface area contributed by atoms with Crippen molar-refractivity contribution in [2.75, 3.05) is 6.61 Å². The largest absolute Gasteiger partial charge is 0.465 e. The molecule has 0 atom stereocenters. The summed E-state index contributed by atoms with van der Waals surface area (Å²) in [5.74, 6) is -0.377. The van der Waals surface area contributed by atoms with Crippen molar-refractivity contribution >= 4 is 12.0 Å². The molecule has 0 spiro atoms. The van der Waals surface area contributed by atoms with Gasteiger partial charge in [0.25, 0.3) is 0 Å². The van der Waals surface area contributed by atoms with Gasteiger partial charge in [-0.15, -0.1) is 0 Å². The first-order valence-electron chi connectivity index (χ1n) is 5.84. The van der Waals surface area contributed by atoms with Crippen LogP contribution in [-0.2, 0) is 14.9 Å². The van der Waals surface area contributed by atoms with Crippen LogP contribution in [0.15, 0.2) is 24.4 Å². The molecule has 1 aromatic heterocycles. The van der Waals surface area contributed by atoms with Gasteiger partial charge in [-0.05, 0) is 32.9 Å². The highest BCUT2D eigenvalue weighted by Crippen LogP contribution is 2.23. The number of aromatic nitrogens is 1. The predicted octanol–water partition coefficient (Wildman–Crippen LogP) is 2.17. The molecule has 0 saturated heterocycles. The monoisotopic (exact) mass is 264 g/mol. The SMILES string of the molecule is CCOC(=O)C(C)(C)c1cccc(/C=C/[N+](=O)[O-])n1. The van der Waals surface area contributed by atoms with Crippen LogP contribution in [0.1, 0.15) is 32.2 Å². The van der Waals surface area contributed by atoms with Gasteiger partial charge in [0.1, 0.15) is 5.41 Å². The minimum atomic E-state index is -0.894. The zero-order valence-electron chi connectivity index (χ0n) is 11.1. The van der Waals surface area contributed by atoms with Crippen LogP contribution >= 0.6 is 0 Å². The molecular weight excluding hydrogens is 248 g/mol. The van der Waals surface area contributed by atoms with Crippen LogP contribution < -0.4 is 0 Å². The second-order valence-corrected chi connectivity index (χ2v) is 4.39. The Labute approximate surface area is 111 Å². The quantitative estimate of drug-likeness (QED) is 0.462. The van der Waals surface area contributed by atoms with Gasteiger partial charge >= 0.3 is 5.97 Å². The van der Waals surface area contributed by atoms with Gasteiger partial charge in [0, 0.05) is 6.08 Å². The van der Waals surface area contributed by atoms with E-state index in [1.165, 1.54) is 6.08 Å². The molecule has 19 heavy (non-hydrogen) atoms. The second kappa shape index (κ2) is 6.08. The molecule has 0 radical (unpaired) electrons. The van der Waals surface area contributed by atoms with Crippen molar-refractivity contribution in [3.63, 3.8) is 0 Å². The summed E-state index contributed by atoms with van der Waals surface area (Å²) in [4.78, 5) is 25.8. The zero-order valence-corrected chi connectivity index (χ0v) is 11.1. The summed E-state index contributed by atoms with van der Waals surface area (Å²) in [5.41, 5.74) is 0.0390. The molecule has 102 valence electrons. The summed E-state index contributed by atoms with van der Waals surface area (Å²) < 4.78 is 4.99. The topological polar surface area (TPSA) is 82.3 Å². The molecule has 0 aromatic carbocycles. The van der Waals surface area contributed by atoms with Crippen molar-refractivity contribution in [3.8, 4) is 0 Å². The zero-order chi connectivity index (χ0) is 14.5. The van der Waals surface area contributed by atoms with Gasteiger partial charge in [0.15, 0.2) is 0 Å². The van der Waals surface area contributed by atoms with E-state index in [2.05, 4.69) is 4.98 Å². The summed E-state index contributed by atoms with van der Waals surface area (Å²) >= 11 is 0. The number of nitro groups is 1. The Kier molecular flexibility index (Phi) is 4.74. The smallest absolute Gasteiger partial charge is 0.317 e. The van der Waals surface area contributed by atoms with Gasteiger partial charge in [-0.25, -0.2) is 0 Å². The van der Waals surface area contributed by atoms with Crippen molar-refractivity contribution in [1.82, 2.24) is 4.98 Å².